The zero-order valence-corrected chi connectivity index (χ0v) is 12.8. The molecule has 20 heavy (non-hydrogen) atoms. The summed E-state index contributed by atoms with van der Waals surface area (Å²) in [6.45, 7) is 1.72. The highest BCUT2D eigenvalue weighted by Crippen LogP contribution is 2.26. The number of fused-ring (bicyclic) bond motifs is 1. The Kier molecular flexibility index (Phi) is 3.38. The minimum absolute atomic E-state index is 0.466. The van der Waals surface area contributed by atoms with Gasteiger partial charge in [0.2, 0.25) is 0 Å². The van der Waals surface area contributed by atoms with Gasteiger partial charge in [0, 0.05) is 15.8 Å². The van der Waals surface area contributed by atoms with Crippen molar-refractivity contribution in [1.29, 1.82) is 0 Å². The van der Waals surface area contributed by atoms with E-state index in [0.29, 0.717) is 35.6 Å². The maximum Gasteiger partial charge on any atom is 0.289 e. The van der Waals surface area contributed by atoms with Crippen molar-refractivity contribution in [3.05, 3.63) is 55.9 Å². The van der Waals surface area contributed by atoms with Gasteiger partial charge >= 0.3 is 0 Å². The van der Waals surface area contributed by atoms with Gasteiger partial charge in [-0.15, -0.1) is 0 Å². The second-order valence-corrected chi connectivity index (χ2v) is 6.05. The summed E-state index contributed by atoms with van der Waals surface area (Å²) in [5.41, 5.74) is 2.99. The van der Waals surface area contributed by atoms with Crippen molar-refractivity contribution in [3.63, 3.8) is 0 Å². The molecule has 1 aliphatic rings. The van der Waals surface area contributed by atoms with E-state index in [1.165, 1.54) is 0 Å². The van der Waals surface area contributed by atoms with Crippen molar-refractivity contribution in [1.82, 2.24) is 4.73 Å². The van der Waals surface area contributed by atoms with Crippen LogP contribution in [-0.4, -0.2) is 4.73 Å². The fraction of sp³-hybridized carbons (Fsp3) is 0.333. The molecule has 0 fully saturated rings. The number of aromatic nitrogens is 2. The van der Waals surface area contributed by atoms with Crippen LogP contribution in [0.3, 0.4) is 0 Å². The van der Waals surface area contributed by atoms with E-state index in [4.69, 9.17) is 0 Å². The molecule has 1 aromatic heterocycles. The van der Waals surface area contributed by atoms with E-state index in [2.05, 4.69) is 15.9 Å². The van der Waals surface area contributed by atoms with Crippen LogP contribution < -0.4 is 4.43 Å². The molecule has 0 atom stereocenters. The molecule has 0 radical (unpaired) electrons. The first-order valence-corrected chi connectivity index (χ1v) is 7.52. The molecule has 0 bridgehead atoms. The van der Waals surface area contributed by atoms with Crippen LogP contribution in [-0.2, 0) is 12.8 Å². The topological polar surface area (TPSA) is 51.0 Å². The molecule has 4 nitrogen and oxygen atoms in total. The van der Waals surface area contributed by atoms with Gasteiger partial charge in [-0.3, -0.25) is 0 Å². The standard InChI is InChI=1S/C15H15BrN2O2/c1-10-15(11-6-8-12(16)9-7-11)18(20)14-5-3-2-4-13(14)17(10)19/h6-9H,2-5H2,1H3. The maximum atomic E-state index is 12.6. The molecule has 0 aliphatic heterocycles. The Balaban J connectivity index is 2.28. The largest absolute Gasteiger partial charge is 0.805 e. The Bertz CT molecular complexity index is 720. The lowest BCUT2D eigenvalue weighted by Crippen LogP contribution is -2.33. The third kappa shape index (κ3) is 2.06. The Morgan fingerprint density at radius 3 is 2.55 bits per heavy atom. The van der Waals surface area contributed by atoms with E-state index in [0.717, 1.165) is 32.0 Å². The van der Waals surface area contributed by atoms with Crippen LogP contribution in [0.5, 0.6) is 0 Å². The molecule has 3 rings (SSSR count). The Hall–Kier alpha value is -1.62. The molecule has 1 aromatic carbocycles. The molecule has 1 aliphatic carbocycles. The molecular formula is C15H15BrN2O2. The highest BCUT2D eigenvalue weighted by atomic mass is 79.9. The minimum Gasteiger partial charge on any atom is -0.805 e. The lowest BCUT2D eigenvalue weighted by atomic mass is 9.99. The summed E-state index contributed by atoms with van der Waals surface area (Å²) in [7, 11) is 0. The Morgan fingerprint density at radius 2 is 1.85 bits per heavy atom. The molecular weight excluding hydrogens is 320 g/mol. The average Bonchev–Trinajstić information content (AvgIpc) is 2.47. The van der Waals surface area contributed by atoms with Gasteiger partial charge in [0.25, 0.3) is 11.4 Å². The summed E-state index contributed by atoms with van der Waals surface area (Å²) in [4.78, 5) is 12.6. The van der Waals surface area contributed by atoms with Crippen LogP contribution in [0.1, 0.15) is 29.9 Å². The Morgan fingerprint density at radius 1 is 1.20 bits per heavy atom. The van der Waals surface area contributed by atoms with E-state index >= 15 is 0 Å². The number of benzene rings is 1. The van der Waals surface area contributed by atoms with Crippen LogP contribution >= 0.6 is 15.9 Å². The van der Waals surface area contributed by atoms with Gasteiger partial charge in [-0.1, -0.05) is 15.9 Å². The highest BCUT2D eigenvalue weighted by molar-refractivity contribution is 9.10. The van der Waals surface area contributed by atoms with Crippen LogP contribution in [0.2, 0.25) is 0 Å². The predicted molar refractivity (Wildman–Crippen MR) is 81.1 cm³/mol. The summed E-state index contributed by atoms with van der Waals surface area (Å²) in [6, 6.07) is 7.47. The van der Waals surface area contributed by atoms with E-state index in [1.54, 1.807) is 6.92 Å². The number of rotatable bonds is 1. The second-order valence-electron chi connectivity index (χ2n) is 5.13. The summed E-state index contributed by atoms with van der Waals surface area (Å²) < 4.78 is 2.85. The van der Waals surface area contributed by atoms with Crippen molar-refractivity contribution in [2.75, 3.05) is 0 Å². The van der Waals surface area contributed by atoms with Crippen LogP contribution in [0.4, 0.5) is 0 Å². The van der Waals surface area contributed by atoms with Gasteiger partial charge in [0.1, 0.15) is 0 Å². The molecule has 0 saturated carbocycles. The van der Waals surface area contributed by atoms with Crippen molar-refractivity contribution in [2.24, 2.45) is 0 Å². The van der Waals surface area contributed by atoms with Crippen molar-refractivity contribution < 1.29 is 4.43 Å². The van der Waals surface area contributed by atoms with Gasteiger partial charge in [0.15, 0.2) is 0 Å². The molecule has 0 unspecified atom stereocenters. The fourth-order valence-corrected chi connectivity index (χ4v) is 3.09. The fourth-order valence-electron chi connectivity index (χ4n) is 2.83. The van der Waals surface area contributed by atoms with Crippen LogP contribution in [0.15, 0.2) is 28.7 Å². The molecule has 104 valence electrons. The van der Waals surface area contributed by atoms with Crippen molar-refractivity contribution >= 4 is 15.9 Å². The number of hydrogen-bond acceptors (Lipinski definition) is 2. The maximum absolute atomic E-state index is 12.6. The smallest absolute Gasteiger partial charge is 0.289 e. The van der Waals surface area contributed by atoms with E-state index < -0.39 is 0 Å². The first kappa shape index (κ1) is 13.4. The van der Waals surface area contributed by atoms with Gasteiger partial charge in [-0.2, -0.15) is 0 Å². The molecule has 0 N–H and O–H groups in total. The lowest BCUT2D eigenvalue weighted by molar-refractivity contribution is -0.495. The molecule has 0 saturated heterocycles. The number of halogens is 1. The minimum atomic E-state index is 0.466. The van der Waals surface area contributed by atoms with Gasteiger partial charge in [0.05, 0.1) is 21.4 Å². The van der Waals surface area contributed by atoms with Crippen molar-refractivity contribution in [3.8, 4) is 11.3 Å². The number of hydrogen-bond donors (Lipinski definition) is 0. The van der Waals surface area contributed by atoms with Crippen LogP contribution in [0, 0.1) is 17.0 Å². The molecule has 1 heterocycles. The zero-order valence-electron chi connectivity index (χ0n) is 11.2. The molecule has 0 amide bonds. The first-order chi connectivity index (χ1) is 9.59. The zero-order chi connectivity index (χ0) is 14.3. The van der Waals surface area contributed by atoms with E-state index in [1.807, 2.05) is 24.3 Å². The Labute approximate surface area is 125 Å². The summed E-state index contributed by atoms with van der Waals surface area (Å²) in [6.07, 6.45) is 3.33. The molecule has 5 heteroatoms. The third-order valence-electron chi connectivity index (χ3n) is 3.87. The highest BCUT2D eigenvalue weighted by Gasteiger charge is 2.28. The summed E-state index contributed by atoms with van der Waals surface area (Å²) in [5, 5.41) is 12.4. The summed E-state index contributed by atoms with van der Waals surface area (Å²) in [5.74, 6) is 0. The number of nitrogens with zero attached hydrogens (tertiary/aromatic N) is 2. The summed E-state index contributed by atoms with van der Waals surface area (Å²) >= 11 is 3.38. The van der Waals surface area contributed by atoms with Gasteiger partial charge < -0.3 is 9.94 Å². The lowest BCUT2D eigenvalue weighted by Gasteiger charge is -2.23. The quantitative estimate of drug-likeness (QED) is 0.751. The van der Waals surface area contributed by atoms with Crippen molar-refractivity contribution in [2.45, 2.75) is 32.6 Å². The second kappa shape index (κ2) is 5.05. The monoisotopic (exact) mass is 334 g/mol. The van der Waals surface area contributed by atoms with Gasteiger partial charge in [-0.05, 0) is 50.5 Å². The third-order valence-corrected chi connectivity index (χ3v) is 4.40. The predicted octanol–water partition coefficient (Wildman–Crippen LogP) is 3.37. The van der Waals surface area contributed by atoms with E-state index in [9.17, 15) is 10.1 Å². The normalized spacial score (nSPS) is 14.1. The SMILES string of the molecule is Cc1c(-c2ccc(Br)cc2)[n+](=O)c2c(n1[O-])CCCC2. The first-order valence-electron chi connectivity index (χ1n) is 6.73. The molecule has 0 spiro atoms. The van der Waals surface area contributed by atoms with E-state index in [-0.39, 0.29) is 0 Å². The van der Waals surface area contributed by atoms with Crippen LogP contribution in [0.25, 0.3) is 11.3 Å². The van der Waals surface area contributed by atoms with Gasteiger partial charge in [-0.25, -0.2) is 0 Å². The molecule has 2 aromatic rings. The average molecular weight is 335 g/mol.